The number of nitrogens with zero attached hydrogens (tertiary/aromatic N) is 1. The molecule has 0 aromatic heterocycles. The van der Waals surface area contributed by atoms with Crippen LogP contribution in [0.5, 0.6) is 11.5 Å². The number of hydrogen-bond acceptors (Lipinski definition) is 3. The molecule has 0 aliphatic heterocycles. The zero-order chi connectivity index (χ0) is 14.4. The Balaban J connectivity index is 2.09. The largest absolute Gasteiger partial charge is 0.497 e. The van der Waals surface area contributed by atoms with Crippen molar-refractivity contribution in [2.45, 2.75) is 13.5 Å². The van der Waals surface area contributed by atoms with E-state index in [0.717, 1.165) is 28.3 Å². The number of methoxy groups -OCH3 is 2. The zero-order valence-corrected chi connectivity index (χ0v) is 12.1. The van der Waals surface area contributed by atoms with Gasteiger partial charge in [-0.15, -0.1) is 0 Å². The summed E-state index contributed by atoms with van der Waals surface area (Å²) in [6.07, 6.45) is 0. The van der Waals surface area contributed by atoms with Gasteiger partial charge in [0.15, 0.2) is 0 Å². The molecule has 0 aliphatic carbocycles. The third-order valence-electron chi connectivity index (χ3n) is 3.15. The molecule has 0 spiro atoms. The van der Waals surface area contributed by atoms with Gasteiger partial charge in [-0.2, -0.15) is 0 Å². The molecule has 2 aromatic rings. The first-order valence-electron chi connectivity index (χ1n) is 6.51. The van der Waals surface area contributed by atoms with E-state index in [-0.39, 0.29) is 0 Å². The normalized spacial score (nSPS) is 11.2. The predicted octanol–water partition coefficient (Wildman–Crippen LogP) is 3.71. The van der Waals surface area contributed by atoms with E-state index in [1.165, 1.54) is 0 Å². The molecule has 0 aliphatic rings. The fourth-order valence-electron chi connectivity index (χ4n) is 1.88. The molecule has 0 bridgehead atoms. The minimum absolute atomic E-state index is 0.660. The van der Waals surface area contributed by atoms with E-state index in [1.807, 2.05) is 55.5 Å². The molecule has 0 heterocycles. The lowest BCUT2D eigenvalue weighted by Gasteiger charge is -2.05. The van der Waals surface area contributed by atoms with Crippen LogP contribution in [0.25, 0.3) is 0 Å². The van der Waals surface area contributed by atoms with Crippen molar-refractivity contribution in [3.8, 4) is 11.5 Å². The third-order valence-corrected chi connectivity index (χ3v) is 3.15. The first-order valence-corrected chi connectivity index (χ1v) is 6.51. The Kier molecular flexibility index (Phi) is 4.77. The number of benzene rings is 2. The monoisotopic (exact) mass is 269 g/mol. The van der Waals surface area contributed by atoms with Crippen LogP contribution in [0, 0.1) is 0 Å². The third kappa shape index (κ3) is 3.60. The van der Waals surface area contributed by atoms with Gasteiger partial charge in [-0.25, -0.2) is 0 Å². The molecule has 104 valence electrons. The highest BCUT2D eigenvalue weighted by molar-refractivity contribution is 5.99. The average molecular weight is 269 g/mol. The quantitative estimate of drug-likeness (QED) is 0.775. The lowest BCUT2D eigenvalue weighted by Crippen LogP contribution is -1.96. The summed E-state index contributed by atoms with van der Waals surface area (Å²) in [5.41, 5.74) is 3.24. The summed E-state index contributed by atoms with van der Waals surface area (Å²) in [6, 6.07) is 15.9. The van der Waals surface area contributed by atoms with E-state index in [9.17, 15) is 0 Å². The number of aliphatic imine (C=N–C) groups is 1. The Labute approximate surface area is 119 Å². The summed E-state index contributed by atoms with van der Waals surface area (Å²) in [7, 11) is 3.34. The molecule has 0 fully saturated rings. The van der Waals surface area contributed by atoms with Crippen LogP contribution in [0.15, 0.2) is 53.5 Å². The van der Waals surface area contributed by atoms with Crippen LogP contribution >= 0.6 is 0 Å². The van der Waals surface area contributed by atoms with Crippen molar-refractivity contribution in [2.75, 3.05) is 14.2 Å². The highest BCUT2D eigenvalue weighted by atomic mass is 16.5. The predicted molar refractivity (Wildman–Crippen MR) is 81.9 cm³/mol. The number of ether oxygens (including phenoxy) is 2. The summed E-state index contributed by atoms with van der Waals surface area (Å²) < 4.78 is 10.4. The molecule has 3 heteroatoms. The Bertz CT molecular complexity index is 588. The fraction of sp³-hybridized carbons (Fsp3) is 0.235. The van der Waals surface area contributed by atoms with Crippen molar-refractivity contribution in [1.29, 1.82) is 0 Å². The summed E-state index contributed by atoms with van der Waals surface area (Å²) in [5.74, 6) is 1.71. The molecular formula is C17H19NO2. The first-order chi connectivity index (χ1) is 9.72. The van der Waals surface area contributed by atoms with Crippen molar-refractivity contribution in [2.24, 2.45) is 4.99 Å². The summed E-state index contributed by atoms with van der Waals surface area (Å²) >= 11 is 0. The van der Waals surface area contributed by atoms with Crippen molar-refractivity contribution in [3.63, 3.8) is 0 Å². The molecule has 0 N–H and O–H groups in total. The molecule has 0 radical (unpaired) electrons. The van der Waals surface area contributed by atoms with Crippen LogP contribution in [0.1, 0.15) is 18.1 Å². The molecule has 20 heavy (non-hydrogen) atoms. The SMILES string of the molecule is COc1ccc(CN=C(C)c2cccc(OC)c2)cc1. The van der Waals surface area contributed by atoms with Crippen molar-refractivity contribution >= 4 is 5.71 Å². The Morgan fingerprint density at radius 2 is 1.65 bits per heavy atom. The van der Waals surface area contributed by atoms with Gasteiger partial charge in [0.05, 0.1) is 20.8 Å². The molecule has 0 saturated heterocycles. The van der Waals surface area contributed by atoms with E-state index >= 15 is 0 Å². The second kappa shape index (κ2) is 6.75. The maximum atomic E-state index is 5.22. The van der Waals surface area contributed by atoms with E-state index in [1.54, 1.807) is 14.2 Å². The topological polar surface area (TPSA) is 30.8 Å². The van der Waals surface area contributed by atoms with Gasteiger partial charge in [-0.3, -0.25) is 4.99 Å². The Morgan fingerprint density at radius 1 is 0.950 bits per heavy atom. The second-order valence-electron chi connectivity index (χ2n) is 4.48. The van der Waals surface area contributed by atoms with E-state index < -0.39 is 0 Å². The number of hydrogen-bond donors (Lipinski definition) is 0. The van der Waals surface area contributed by atoms with E-state index in [4.69, 9.17) is 9.47 Å². The van der Waals surface area contributed by atoms with E-state index in [2.05, 4.69) is 4.99 Å². The van der Waals surface area contributed by atoms with Crippen LogP contribution in [-0.4, -0.2) is 19.9 Å². The molecule has 0 unspecified atom stereocenters. The standard InChI is InChI=1S/C17H19NO2/c1-13(15-5-4-6-17(11-15)20-3)18-12-14-7-9-16(19-2)10-8-14/h4-11H,12H2,1-3H3. The van der Waals surface area contributed by atoms with Gasteiger partial charge in [-0.1, -0.05) is 24.3 Å². The molecule has 0 amide bonds. The second-order valence-corrected chi connectivity index (χ2v) is 4.48. The van der Waals surface area contributed by atoms with Crippen LogP contribution in [0.3, 0.4) is 0 Å². The van der Waals surface area contributed by atoms with E-state index in [0.29, 0.717) is 6.54 Å². The van der Waals surface area contributed by atoms with Gasteiger partial charge in [-0.05, 0) is 42.3 Å². The minimum atomic E-state index is 0.660. The van der Waals surface area contributed by atoms with Crippen LogP contribution in [0.4, 0.5) is 0 Å². The Morgan fingerprint density at radius 3 is 2.30 bits per heavy atom. The lowest BCUT2D eigenvalue weighted by atomic mass is 10.1. The Hall–Kier alpha value is -2.29. The van der Waals surface area contributed by atoms with Crippen molar-refractivity contribution in [3.05, 3.63) is 59.7 Å². The van der Waals surface area contributed by atoms with Gasteiger partial charge in [0, 0.05) is 5.71 Å². The van der Waals surface area contributed by atoms with Crippen molar-refractivity contribution < 1.29 is 9.47 Å². The first kappa shape index (κ1) is 14.1. The molecule has 3 nitrogen and oxygen atoms in total. The van der Waals surface area contributed by atoms with Gasteiger partial charge in [0.1, 0.15) is 11.5 Å². The highest BCUT2D eigenvalue weighted by Crippen LogP contribution is 2.15. The summed E-state index contributed by atoms with van der Waals surface area (Å²) in [4.78, 5) is 4.62. The molecule has 0 atom stereocenters. The fourth-order valence-corrected chi connectivity index (χ4v) is 1.88. The smallest absolute Gasteiger partial charge is 0.119 e. The summed E-state index contributed by atoms with van der Waals surface area (Å²) in [6.45, 7) is 2.67. The molecule has 2 rings (SSSR count). The van der Waals surface area contributed by atoms with Gasteiger partial charge in [0.2, 0.25) is 0 Å². The van der Waals surface area contributed by atoms with Crippen molar-refractivity contribution in [1.82, 2.24) is 0 Å². The summed E-state index contributed by atoms with van der Waals surface area (Å²) in [5, 5.41) is 0. The van der Waals surface area contributed by atoms with Crippen LogP contribution in [0.2, 0.25) is 0 Å². The maximum absolute atomic E-state index is 5.22. The highest BCUT2D eigenvalue weighted by Gasteiger charge is 2.00. The molecule has 2 aromatic carbocycles. The lowest BCUT2D eigenvalue weighted by molar-refractivity contribution is 0.414. The van der Waals surface area contributed by atoms with Crippen LogP contribution < -0.4 is 9.47 Å². The zero-order valence-electron chi connectivity index (χ0n) is 12.1. The van der Waals surface area contributed by atoms with Gasteiger partial charge in [0.25, 0.3) is 0 Å². The van der Waals surface area contributed by atoms with Crippen LogP contribution in [-0.2, 0) is 6.54 Å². The minimum Gasteiger partial charge on any atom is -0.497 e. The molecule has 0 saturated carbocycles. The van der Waals surface area contributed by atoms with Gasteiger partial charge < -0.3 is 9.47 Å². The van der Waals surface area contributed by atoms with Gasteiger partial charge >= 0.3 is 0 Å². The number of rotatable bonds is 5. The molecular weight excluding hydrogens is 250 g/mol. The average Bonchev–Trinajstić information content (AvgIpc) is 2.53. The maximum Gasteiger partial charge on any atom is 0.119 e.